The quantitative estimate of drug-likeness (QED) is 0.792. The van der Waals surface area contributed by atoms with Crippen LogP contribution in [0.2, 0.25) is 10.0 Å². The minimum Gasteiger partial charge on any atom is -0.496 e. The zero-order chi connectivity index (χ0) is 14.7. The van der Waals surface area contributed by atoms with E-state index in [0.717, 1.165) is 0 Å². The summed E-state index contributed by atoms with van der Waals surface area (Å²) >= 11 is 11.8. The molecule has 0 heterocycles. The second-order valence-corrected chi connectivity index (χ2v) is 4.81. The lowest BCUT2D eigenvalue weighted by atomic mass is 10.0. The van der Waals surface area contributed by atoms with Crippen molar-refractivity contribution in [1.29, 1.82) is 0 Å². The summed E-state index contributed by atoms with van der Waals surface area (Å²) < 4.78 is 10.4. The number of carbonyl (C=O) groups excluding carboxylic acids is 1. The first-order chi connectivity index (χ1) is 9.58. The summed E-state index contributed by atoms with van der Waals surface area (Å²) in [5.41, 5.74) is 0.776. The fourth-order valence-corrected chi connectivity index (χ4v) is 2.15. The molecule has 2 aromatic rings. The van der Waals surface area contributed by atoms with Gasteiger partial charge in [0.2, 0.25) is 5.78 Å². The number of ether oxygens (including phenoxy) is 2. The molecule has 0 amide bonds. The van der Waals surface area contributed by atoms with Crippen LogP contribution in [0.1, 0.15) is 15.9 Å². The zero-order valence-electron chi connectivity index (χ0n) is 10.9. The van der Waals surface area contributed by atoms with Crippen LogP contribution in [-0.2, 0) is 0 Å². The van der Waals surface area contributed by atoms with Gasteiger partial charge in [-0.3, -0.25) is 4.79 Å². The standard InChI is InChI=1S/C15H12Cl2O3/c1-19-12-4-3-5-13(20-2)14(12)15(18)9-6-7-10(16)11(17)8-9/h3-8H,1-2H3. The molecule has 20 heavy (non-hydrogen) atoms. The highest BCUT2D eigenvalue weighted by Crippen LogP contribution is 2.32. The fourth-order valence-electron chi connectivity index (χ4n) is 1.86. The summed E-state index contributed by atoms with van der Waals surface area (Å²) in [6, 6.07) is 9.88. The minimum absolute atomic E-state index is 0.238. The molecule has 0 unspecified atom stereocenters. The number of benzene rings is 2. The molecule has 104 valence electrons. The maximum absolute atomic E-state index is 12.6. The van der Waals surface area contributed by atoms with Crippen LogP contribution in [0.4, 0.5) is 0 Å². The number of ketones is 1. The molecule has 2 rings (SSSR count). The lowest BCUT2D eigenvalue weighted by Gasteiger charge is -2.12. The maximum atomic E-state index is 12.6. The van der Waals surface area contributed by atoms with Gasteiger partial charge in [-0.25, -0.2) is 0 Å². The van der Waals surface area contributed by atoms with E-state index >= 15 is 0 Å². The van der Waals surface area contributed by atoms with Gasteiger partial charge in [0, 0.05) is 5.56 Å². The van der Waals surface area contributed by atoms with Gasteiger partial charge in [0.1, 0.15) is 17.1 Å². The molecule has 0 saturated heterocycles. The molecule has 0 aliphatic rings. The van der Waals surface area contributed by atoms with Crippen molar-refractivity contribution < 1.29 is 14.3 Å². The molecule has 0 aliphatic carbocycles. The smallest absolute Gasteiger partial charge is 0.200 e. The monoisotopic (exact) mass is 310 g/mol. The van der Waals surface area contributed by atoms with E-state index in [1.165, 1.54) is 20.3 Å². The molecular weight excluding hydrogens is 299 g/mol. The predicted octanol–water partition coefficient (Wildman–Crippen LogP) is 4.24. The Balaban J connectivity index is 2.55. The van der Waals surface area contributed by atoms with E-state index in [4.69, 9.17) is 32.7 Å². The van der Waals surface area contributed by atoms with Gasteiger partial charge in [-0.1, -0.05) is 29.3 Å². The summed E-state index contributed by atoms with van der Waals surface area (Å²) in [4.78, 5) is 12.6. The molecule has 0 bridgehead atoms. The third kappa shape index (κ3) is 2.74. The van der Waals surface area contributed by atoms with Crippen LogP contribution in [0, 0.1) is 0 Å². The van der Waals surface area contributed by atoms with E-state index in [-0.39, 0.29) is 5.78 Å². The van der Waals surface area contributed by atoms with Crippen molar-refractivity contribution in [3.63, 3.8) is 0 Å². The van der Waals surface area contributed by atoms with Crippen molar-refractivity contribution in [2.24, 2.45) is 0 Å². The Labute approximate surface area is 127 Å². The molecule has 0 saturated carbocycles. The molecule has 2 aromatic carbocycles. The molecule has 3 nitrogen and oxygen atoms in total. The Morgan fingerprint density at radius 2 is 1.55 bits per heavy atom. The normalized spacial score (nSPS) is 10.2. The molecule has 5 heteroatoms. The van der Waals surface area contributed by atoms with Crippen molar-refractivity contribution in [3.8, 4) is 11.5 Å². The van der Waals surface area contributed by atoms with Crippen LogP contribution >= 0.6 is 23.2 Å². The van der Waals surface area contributed by atoms with Crippen LogP contribution in [0.5, 0.6) is 11.5 Å². The Morgan fingerprint density at radius 1 is 0.950 bits per heavy atom. The third-order valence-electron chi connectivity index (χ3n) is 2.84. The number of hydrogen-bond acceptors (Lipinski definition) is 3. The summed E-state index contributed by atoms with van der Waals surface area (Å²) in [5, 5.41) is 0.724. The number of carbonyl (C=O) groups is 1. The predicted molar refractivity (Wildman–Crippen MR) is 79.4 cm³/mol. The lowest BCUT2D eigenvalue weighted by Crippen LogP contribution is -2.06. The van der Waals surface area contributed by atoms with Crippen LogP contribution < -0.4 is 9.47 Å². The molecule has 0 atom stereocenters. The fraction of sp³-hybridized carbons (Fsp3) is 0.133. The van der Waals surface area contributed by atoms with E-state index < -0.39 is 0 Å². The largest absolute Gasteiger partial charge is 0.496 e. The van der Waals surface area contributed by atoms with Crippen LogP contribution in [0.25, 0.3) is 0 Å². The van der Waals surface area contributed by atoms with Crippen LogP contribution in [-0.4, -0.2) is 20.0 Å². The van der Waals surface area contributed by atoms with Crippen LogP contribution in [0.3, 0.4) is 0 Å². The van der Waals surface area contributed by atoms with Gasteiger partial charge in [-0.15, -0.1) is 0 Å². The highest BCUT2D eigenvalue weighted by molar-refractivity contribution is 6.42. The molecule has 0 fully saturated rings. The third-order valence-corrected chi connectivity index (χ3v) is 3.58. The molecule has 0 aliphatic heterocycles. The van der Waals surface area contributed by atoms with E-state index in [2.05, 4.69) is 0 Å². The minimum atomic E-state index is -0.238. The second kappa shape index (κ2) is 6.16. The first-order valence-electron chi connectivity index (χ1n) is 5.79. The average molecular weight is 311 g/mol. The molecule has 0 spiro atoms. The Kier molecular flexibility index (Phi) is 4.53. The SMILES string of the molecule is COc1cccc(OC)c1C(=O)c1ccc(Cl)c(Cl)c1. The van der Waals surface area contributed by atoms with Gasteiger partial charge >= 0.3 is 0 Å². The van der Waals surface area contributed by atoms with E-state index in [1.54, 1.807) is 30.3 Å². The van der Waals surface area contributed by atoms with E-state index in [9.17, 15) is 4.79 Å². The first-order valence-corrected chi connectivity index (χ1v) is 6.54. The van der Waals surface area contributed by atoms with Gasteiger partial charge in [0.25, 0.3) is 0 Å². The molecular formula is C15H12Cl2O3. The Bertz CT molecular complexity index is 631. The van der Waals surface area contributed by atoms with Crippen molar-refractivity contribution in [2.75, 3.05) is 14.2 Å². The van der Waals surface area contributed by atoms with Gasteiger partial charge in [0.15, 0.2) is 0 Å². The lowest BCUT2D eigenvalue weighted by molar-refractivity contribution is 0.103. The maximum Gasteiger partial charge on any atom is 0.200 e. The number of halogens is 2. The number of rotatable bonds is 4. The Morgan fingerprint density at radius 3 is 2.05 bits per heavy atom. The summed E-state index contributed by atoms with van der Waals surface area (Å²) in [6.45, 7) is 0. The van der Waals surface area contributed by atoms with E-state index in [0.29, 0.717) is 32.7 Å². The first kappa shape index (κ1) is 14.7. The van der Waals surface area contributed by atoms with Crippen molar-refractivity contribution in [1.82, 2.24) is 0 Å². The highest BCUT2D eigenvalue weighted by atomic mass is 35.5. The number of hydrogen-bond donors (Lipinski definition) is 0. The van der Waals surface area contributed by atoms with Gasteiger partial charge in [-0.2, -0.15) is 0 Å². The number of methoxy groups -OCH3 is 2. The second-order valence-electron chi connectivity index (χ2n) is 4.00. The van der Waals surface area contributed by atoms with Gasteiger partial charge in [-0.05, 0) is 30.3 Å². The Hall–Kier alpha value is -1.71. The molecule has 0 N–H and O–H groups in total. The van der Waals surface area contributed by atoms with Crippen molar-refractivity contribution in [2.45, 2.75) is 0 Å². The van der Waals surface area contributed by atoms with Crippen molar-refractivity contribution in [3.05, 3.63) is 57.6 Å². The van der Waals surface area contributed by atoms with Gasteiger partial charge in [0.05, 0.1) is 24.3 Å². The average Bonchev–Trinajstić information content (AvgIpc) is 2.48. The highest BCUT2D eigenvalue weighted by Gasteiger charge is 2.20. The summed E-state index contributed by atoms with van der Waals surface area (Å²) in [5.74, 6) is 0.652. The summed E-state index contributed by atoms with van der Waals surface area (Å²) in [6.07, 6.45) is 0. The molecule has 0 radical (unpaired) electrons. The van der Waals surface area contributed by atoms with Crippen molar-refractivity contribution >= 4 is 29.0 Å². The zero-order valence-corrected chi connectivity index (χ0v) is 12.5. The van der Waals surface area contributed by atoms with E-state index in [1.807, 2.05) is 0 Å². The topological polar surface area (TPSA) is 35.5 Å². The van der Waals surface area contributed by atoms with Crippen LogP contribution in [0.15, 0.2) is 36.4 Å². The van der Waals surface area contributed by atoms with Gasteiger partial charge < -0.3 is 9.47 Å². The summed E-state index contributed by atoms with van der Waals surface area (Å²) in [7, 11) is 3.00. The molecule has 0 aromatic heterocycles.